The smallest absolute Gasteiger partial charge is 0.291 e. The molecule has 0 saturated heterocycles. The molecule has 1 heterocycles. The van der Waals surface area contributed by atoms with Gasteiger partial charge in [-0.15, -0.1) is 0 Å². The molecule has 3 aromatic rings. The van der Waals surface area contributed by atoms with Gasteiger partial charge in [0.05, 0.1) is 5.71 Å². The van der Waals surface area contributed by atoms with E-state index in [1.54, 1.807) is 50.5 Å². The Kier molecular flexibility index (Phi) is 5.59. The molecule has 0 fully saturated rings. The minimum atomic E-state index is -0.416. The van der Waals surface area contributed by atoms with E-state index in [0.29, 0.717) is 17.0 Å². The number of aryl methyl sites for hydroxylation is 1. The van der Waals surface area contributed by atoms with E-state index in [0.717, 1.165) is 5.56 Å². The van der Waals surface area contributed by atoms with Crippen LogP contribution in [0.5, 0.6) is 0 Å². The number of nitrogens with one attached hydrogen (secondary N) is 2. The number of hydrazone groups is 1. The molecule has 0 atom stereocenters. The maximum atomic E-state index is 13.0. The first-order valence-corrected chi connectivity index (χ1v) is 8.44. The van der Waals surface area contributed by atoms with Crippen LogP contribution in [0.25, 0.3) is 0 Å². The number of hydrogen-bond acceptors (Lipinski definition) is 4. The van der Waals surface area contributed by atoms with E-state index in [-0.39, 0.29) is 11.6 Å². The molecule has 2 aromatic carbocycles. The molecule has 7 nitrogen and oxygen atoms in total. The summed E-state index contributed by atoms with van der Waals surface area (Å²) in [5, 5.41) is 10.8. The second-order valence-electron chi connectivity index (χ2n) is 6.05. The van der Waals surface area contributed by atoms with E-state index < -0.39 is 11.7 Å². The molecule has 3 rings (SSSR count). The number of carbonyl (C=O) groups excluding carboxylic acids is 2. The second kappa shape index (κ2) is 8.26. The lowest BCUT2D eigenvalue weighted by molar-refractivity contribution is 0.0948. The highest BCUT2D eigenvalue weighted by Crippen LogP contribution is 2.13. The average Bonchev–Trinajstić information content (AvgIpc) is 3.13. The number of aromatic nitrogens is 2. The van der Waals surface area contributed by atoms with Crippen molar-refractivity contribution in [2.45, 2.75) is 6.92 Å². The Morgan fingerprint density at radius 3 is 2.46 bits per heavy atom. The highest BCUT2D eigenvalue weighted by Gasteiger charge is 2.09. The van der Waals surface area contributed by atoms with Gasteiger partial charge in [0.1, 0.15) is 5.82 Å². The van der Waals surface area contributed by atoms with Crippen molar-refractivity contribution in [3.05, 3.63) is 83.4 Å². The summed E-state index contributed by atoms with van der Waals surface area (Å²) in [6.45, 7) is 1.74. The van der Waals surface area contributed by atoms with Crippen molar-refractivity contribution >= 4 is 23.2 Å². The fraction of sp³-hybridized carbons (Fsp3) is 0.100. The largest absolute Gasteiger partial charge is 0.322 e. The van der Waals surface area contributed by atoms with Crippen LogP contribution in [0.4, 0.5) is 10.1 Å². The molecule has 0 aliphatic heterocycles. The third-order valence-corrected chi connectivity index (χ3v) is 3.92. The number of hydrogen-bond donors (Lipinski definition) is 2. The van der Waals surface area contributed by atoms with Crippen LogP contribution in [-0.4, -0.2) is 27.3 Å². The number of rotatable bonds is 5. The fourth-order valence-electron chi connectivity index (χ4n) is 2.42. The van der Waals surface area contributed by atoms with E-state index in [9.17, 15) is 14.0 Å². The maximum Gasteiger partial charge on any atom is 0.291 e. The molecule has 0 unspecified atom stereocenters. The van der Waals surface area contributed by atoms with Gasteiger partial charge < -0.3 is 5.32 Å². The predicted octanol–water partition coefficient (Wildman–Crippen LogP) is 2.97. The van der Waals surface area contributed by atoms with Crippen LogP contribution < -0.4 is 10.7 Å². The van der Waals surface area contributed by atoms with Crippen molar-refractivity contribution in [2.24, 2.45) is 12.1 Å². The molecule has 2 N–H and O–H groups in total. The molecule has 2 amide bonds. The summed E-state index contributed by atoms with van der Waals surface area (Å²) in [6.07, 6.45) is 1.67. The topological polar surface area (TPSA) is 88.4 Å². The quantitative estimate of drug-likeness (QED) is 0.528. The normalized spacial score (nSPS) is 11.2. The van der Waals surface area contributed by atoms with Crippen molar-refractivity contribution in [2.75, 3.05) is 5.32 Å². The zero-order valence-electron chi connectivity index (χ0n) is 15.3. The van der Waals surface area contributed by atoms with Crippen LogP contribution in [0.15, 0.2) is 65.9 Å². The number of amides is 2. The Morgan fingerprint density at radius 2 is 1.79 bits per heavy atom. The predicted molar refractivity (Wildman–Crippen MR) is 104 cm³/mol. The summed E-state index contributed by atoms with van der Waals surface area (Å²) >= 11 is 0. The highest BCUT2D eigenvalue weighted by atomic mass is 19.1. The van der Waals surface area contributed by atoms with Crippen molar-refractivity contribution < 1.29 is 14.0 Å². The number of benzene rings is 2. The van der Waals surface area contributed by atoms with Crippen LogP contribution in [0.2, 0.25) is 0 Å². The summed E-state index contributed by atoms with van der Waals surface area (Å²) in [6, 6.07) is 13.9. The molecular formula is C20H18FN5O2. The molecule has 0 saturated carbocycles. The molecule has 8 heteroatoms. The van der Waals surface area contributed by atoms with Crippen LogP contribution in [0.3, 0.4) is 0 Å². The number of carbonyl (C=O) groups is 2. The monoisotopic (exact) mass is 379 g/mol. The van der Waals surface area contributed by atoms with Crippen molar-refractivity contribution in [1.29, 1.82) is 0 Å². The lowest BCUT2D eigenvalue weighted by Crippen LogP contribution is -2.20. The van der Waals surface area contributed by atoms with Crippen molar-refractivity contribution in [3.8, 4) is 0 Å². The summed E-state index contributed by atoms with van der Waals surface area (Å²) in [4.78, 5) is 24.3. The van der Waals surface area contributed by atoms with Crippen molar-refractivity contribution in [3.63, 3.8) is 0 Å². The number of nitrogens with zero attached hydrogens (tertiary/aromatic N) is 3. The van der Waals surface area contributed by atoms with E-state index in [1.165, 1.54) is 28.9 Å². The molecule has 0 spiro atoms. The average molecular weight is 379 g/mol. The molecule has 0 aliphatic rings. The first-order chi connectivity index (χ1) is 13.4. The highest BCUT2D eigenvalue weighted by molar-refractivity contribution is 6.06. The van der Waals surface area contributed by atoms with Crippen LogP contribution in [-0.2, 0) is 7.05 Å². The SMILES string of the molecule is C/C(=N/NC(=O)c1ccn(C)n1)c1cccc(NC(=O)c2ccc(F)cc2)c1. The molecule has 0 aliphatic carbocycles. The lowest BCUT2D eigenvalue weighted by atomic mass is 10.1. The van der Waals surface area contributed by atoms with Gasteiger partial charge in [-0.3, -0.25) is 14.3 Å². The van der Waals surface area contributed by atoms with Gasteiger partial charge in [0.25, 0.3) is 11.8 Å². The Hall–Kier alpha value is -3.81. The molecule has 0 bridgehead atoms. The van der Waals surface area contributed by atoms with Crippen LogP contribution >= 0.6 is 0 Å². The van der Waals surface area contributed by atoms with Gasteiger partial charge in [-0.1, -0.05) is 12.1 Å². The molecule has 28 heavy (non-hydrogen) atoms. The summed E-state index contributed by atoms with van der Waals surface area (Å²) < 4.78 is 14.5. The maximum absolute atomic E-state index is 13.0. The van der Waals surface area contributed by atoms with Gasteiger partial charge >= 0.3 is 0 Å². The van der Waals surface area contributed by atoms with E-state index in [1.807, 2.05) is 0 Å². The molecule has 0 radical (unpaired) electrons. The van der Waals surface area contributed by atoms with E-state index >= 15 is 0 Å². The van der Waals surface area contributed by atoms with Gasteiger partial charge in [0.2, 0.25) is 0 Å². The van der Waals surface area contributed by atoms with Crippen LogP contribution in [0.1, 0.15) is 33.3 Å². The summed E-state index contributed by atoms with van der Waals surface area (Å²) in [7, 11) is 1.72. The number of halogens is 1. The van der Waals surface area contributed by atoms with Gasteiger partial charge in [0.15, 0.2) is 5.69 Å². The summed E-state index contributed by atoms with van der Waals surface area (Å²) in [5.41, 5.74) is 4.89. The zero-order chi connectivity index (χ0) is 20.1. The molecular weight excluding hydrogens is 361 g/mol. The third-order valence-electron chi connectivity index (χ3n) is 3.92. The van der Waals surface area contributed by atoms with Gasteiger partial charge in [-0.05, 0) is 55.0 Å². The first kappa shape index (κ1) is 19.0. The van der Waals surface area contributed by atoms with Gasteiger partial charge in [-0.25, -0.2) is 9.82 Å². The fourth-order valence-corrected chi connectivity index (χ4v) is 2.42. The van der Waals surface area contributed by atoms with E-state index in [4.69, 9.17) is 0 Å². The van der Waals surface area contributed by atoms with Gasteiger partial charge in [-0.2, -0.15) is 10.2 Å². The lowest BCUT2D eigenvalue weighted by Gasteiger charge is -2.08. The molecule has 1 aromatic heterocycles. The third kappa shape index (κ3) is 4.67. The standard InChI is InChI=1S/C20H18FN5O2/c1-13(23-24-20(28)18-10-11-26(2)25-18)15-4-3-5-17(12-15)22-19(27)14-6-8-16(21)9-7-14/h3-12H,1-2H3,(H,22,27)(H,24,28)/b23-13-. The Morgan fingerprint density at radius 1 is 1.04 bits per heavy atom. The zero-order valence-corrected chi connectivity index (χ0v) is 15.3. The Balaban J connectivity index is 1.68. The van der Waals surface area contributed by atoms with Crippen LogP contribution in [0, 0.1) is 5.82 Å². The van der Waals surface area contributed by atoms with Gasteiger partial charge in [0, 0.05) is 24.5 Å². The Labute approximate surface area is 160 Å². The summed E-state index contributed by atoms with van der Waals surface area (Å²) in [5.74, 6) is -1.17. The van der Waals surface area contributed by atoms with Crippen molar-refractivity contribution in [1.82, 2.24) is 15.2 Å². The molecule has 142 valence electrons. The number of anilines is 1. The van der Waals surface area contributed by atoms with E-state index in [2.05, 4.69) is 20.9 Å². The second-order valence-corrected chi connectivity index (χ2v) is 6.05. The Bertz CT molecular complexity index is 1040. The minimum Gasteiger partial charge on any atom is -0.322 e. The minimum absolute atomic E-state index is 0.263. The first-order valence-electron chi connectivity index (χ1n) is 8.44.